The zero-order chi connectivity index (χ0) is 16.9. The minimum atomic E-state index is -3.50. The predicted molar refractivity (Wildman–Crippen MR) is 95.9 cm³/mol. The third kappa shape index (κ3) is 5.58. The minimum Gasteiger partial charge on any atom is -0.375 e. The Kier molecular flexibility index (Phi) is 6.12. The van der Waals surface area contributed by atoms with Gasteiger partial charge in [-0.15, -0.1) is 11.3 Å². The Morgan fingerprint density at radius 3 is 2.43 bits per heavy atom. The van der Waals surface area contributed by atoms with Crippen molar-refractivity contribution in [3.63, 3.8) is 0 Å². The lowest BCUT2D eigenvalue weighted by atomic mass is 10.2. The first-order valence-electron chi connectivity index (χ1n) is 7.23. The topological polar surface area (TPSA) is 55.4 Å². The van der Waals surface area contributed by atoms with E-state index in [2.05, 4.69) is 4.72 Å². The van der Waals surface area contributed by atoms with Gasteiger partial charge in [-0.05, 0) is 37.6 Å². The molecule has 0 aliphatic heterocycles. The lowest BCUT2D eigenvalue weighted by molar-refractivity contribution is 0.110. The van der Waals surface area contributed by atoms with Crippen molar-refractivity contribution in [3.05, 3.63) is 62.7 Å². The van der Waals surface area contributed by atoms with Crippen LogP contribution in [0, 0.1) is 13.8 Å². The Balaban J connectivity index is 1.98. The van der Waals surface area contributed by atoms with Crippen molar-refractivity contribution < 1.29 is 13.2 Å². The molecule has 0 spiro atoms. The van der Waals surface area contributed by atoms with Gasteiger partial charge >= 0.3 is 0 Å². The molecule has 0 saturated heterocycles. The molecule has 1 aromatic heterocycles. The molecule has 0 aliphatic carbocycles. The molecule has 0 radical (unpaired) electrons. The van der Waals surface area contributed by atoms with Crippen LogP contribution in [0.5, 0.6) is 0 Å². The molecule has 0 bridgehead atoms. The molecule has 6 heteroatoms. The molecule has 1 N–H and O–H groups in total. The molecule has 2 aromatic rings. The second-order valence-electron chi connectivity index (χ2n) is 5.28. The van der Waals surface area contributed by atoms with Gasteiger partial charge in [0.05, 0.1) is 0 Å². The third-order valence-electron chi connectivity index (χ3n) is 3.35. The molecule has 1 atom stereocenters. The third-order valence-corrected chi connectivity index (χ3v) is 5.51. The van der Waals surface area contributed by atoms with E-state index in [4.69, 9.17) is 4.74 Å². The Bertz CT molecular complexity index is 761. The van der Waals surface area contributed by atoms with E-state index in [1.54, 1.807) is 24.5 Å². The van der Waals surface area contributed by atoms with Gasteiger partial charge in [0.25, 0.3) is 0 Å². The van der Waals surface area contributed by atoms with Crippen LogP contribution < -0.4 is 4.72 Å². The summed E-state index contributed by atoms with van der Waals surface area (Å²) in [5.74, 6) is 0. The quantitative estimate of drug-likeness (QED) is 0.828. The molecule has 2 rings (SSSR count). The average Bonchev–Trinajstić information content (AvgIpc) is 2.94. The molecule has 124 valence electrons. The first kappa shape index (κ1) is 17.9. The maximum absolute atomic E-state index is 12.1. The number of ether oxygens (including phenoxy) is 1. The van der Waals surface area contributed by atoms with Gasteiger partial charge in [-0.1, -0.05) is 29.8 Å². The number of rotatable bonds is 7. The summed E-state index contributed by atoms with van der Waals surface area (Å²) < 4.78 is 32.1. The van der Waals surface area contributed by atoms with Crippen LogP contribution in [-0.4, -0.2) is 22.1 Å². The summed E-state index contributed by atoms with van der Waals surface area (Å²) in [6.07, 6.45) is 1.30. The monoisotopic (exact) mass is 351 g/mol. The molecular formula is C17H21NO3S2. The van der Waals surface area contributed by atoms with Crippen molar-refractivity contribution in [1.82, 2.24) is 4.72 Å². The number of thiophene rings is 1. The molecule has 1 unspecified atom stereocenters. The number of nitrogens with one attached hydrogen (secondary N) is 1. The van der Waals surface area contributed by atoms with E-state index in [1.165, 1.54) is 10.3 Å². The number of aryl methyl sites for hydroxylation is 2. The summed E-state index contributed by atoms with van der Waals surface area (Å²) in [5, 5.41) is 1.18. The van der Waals surface area contributed by atoms with Crippen LogP contribution in [0.15, 0.2) is 41.8 Å². The summed E-state index contributed by atoms with van der Waals surface area (Å²) in [5.41, 5.74) is 1.98. The van der Waals surface area contributed by atoms with Crippen molar-refractivity contribution in [3.8, 4) is 0 Å². The predicted octanol–water partition coefficient (Wildman–Crippen LogP) is 3.64. The highest BCUT2D eigenvalue weighted by Gasteiger charge is 2.15. The summed E-state index contributed by atoms with van der Waals surface area (Å²) in [7, 11) is -1.92. The number of methoxy groups -OCH3 is 1. The van der Waals surface area contributed by atoms with E-state index in [0.717, 1.165) is 16.0 Å². The highest BCUT2D eigenvalue weighted by atomic mass is 32.2. The Morgan fingerprint density at radius 1 is 1.17 bits per heavy atom. The fraction of sp³-hybridized carbons (Fsp3) is 0.294. The van der Waals surface area contributed by atoms with E-state index in [0.29, 0.717) is 0 Å². The van der Waals surface area contributed by atoms with Gasteiger partial charge in [-0.25, -0.2) is 13.1 Å². The maximum Gasteiger partial charge on any atom is 0.233 e. The summed E-state index contributed by atoms with van der Waals surface area (Å²) >= 11 is 1.60. The van der Waals surface area contributed by atoms with E-state index >= 15 is 0 Å². The van der Waals surface area contributed by atoms with Crippen LogP contribution in [-0.2, 0) is 14.8 Å². The Morgan fingerprint density at radius 2 is 1.87 bits per heavy atom. The highest BCUT2D eigenvalue weighted by Crippen LogP contribution is 2.24. The smallest absolute Gasteiger partial charge is 0.233 e. The number of hydrogen-bond donors (Lipinski definition) is 1. The lowest BCUT2D eigenvalue weighted by Crippen LogP contribution is -2.27. The first-order chi connectivity index (χ1) is 10.9. The fourth-order valence-corrected chi connectivity index (χ4v) is 3.78. The molecule has 0 amide bonds. The van der Waals surface area contributed by atoms with Gasteiger partial charge in [0.15, 0.2) is 0 Å². The summed E-state index contributed by atoms with van der Waals surface area (Å²) in [6, 6.07) is 11.6. The fourth-order valence-electron chi connectivity index (χ4n) is 2.01. The normalized spacial score (nSPS) is 13.5. The van der Waals surface area contributed by atoms with Crippen LogP contribution >= 0.6 is 11.3 Å². The van der Waals surface area contributed by atoms with E-state index in [-0.39, 0.29) is 12.6 Å². The van der Waals surface area contributed by atoms with Gasteiger partial charge in [-0.2, -0.15) is 0 Å². The minimum absolute atomic E-state index is 0.205. The molecule has 1 aromatic carbocycles. The highest BCUT2D eigenvalue weighted by molar-refractivity contribution is 7.92. The largest absolute Gasteiger partial charge is 0.375 e. The van der Waals surface area contributed by atoms with Crippen LogP contribution in [0.2, 0.25) is 0 Å². The molecule has 23 heavy (non-hydrogen) atoms. The number of sulfonamides is 1. The van der Waals surface area contributed by atoms with Gasteiger partial charge in [0.1, 0.15) is 6.10 Å². The molecule has 0 fully saturated rings. The first-order valence-corrected chi connectivity index (χ1v) is 9.59. The standard InChI is InChI=1S/C17H21NO3S2/c1-13-4-7-15(8-5-13)10-11-23(19,20)18-12-16(21-3)17-9-6-14(2)22-17/h4-11,16,18H,12H2,1-3H3. The van der Waals surface area contributed by atoms with Crippen LogP contribution in [0.1, 0.15) is 27.0 Å². The van der Waals surface area contributed by atoms with Crippen molar-refractivity contribution >= 4 is 27.4 Å². The zero-order valence-corrected chi connectivity index (χ0v) is 15.1. The molecule has 4 nitrogen and oxygen atoms in total. The zero-order valence-electron chi connectivity index (χ0n) is 13.4. The molecular weight excluding hydrogens is 330 g/mol. The Labute approximate surface area is 141 Å². The maximum atomic E-state index is 12.1. The lowest BCUT2D eigenvalue weighted by Gasteiger charge is -2.13. The van der Waals surface area contributed by atoms with Crippen molar-refractivity contribution in [2.45, 2.75) is 20.0 Å². The molecule has 0 saturated carbocycles. The van der Waals surface area contributed by atoms with E-state index in [1.807, 2.05) is 50.2 Å². The summed E-state index contributed by atoms with van der Waals surface area (Å²) in [4.78, 5) is 2.18. The van der Waals surface area contributed by atoms with Gasteiger partial charge < -0.3 is 4.74 Å². The van der Waals surface area contributed by atoms with E-state index < -0.39 is 10.0 Å². The van der Waals surface area contributed by atoms with Crippen LogP contribution in [0.3, 0.4) is 0 Å². The number of hydrogen-bond acceptors (Lipinski definition) is 4. The number of benzene rings is 1. The van der Waals surface area contributed by atoms with Crippen molar-refractivity contribution in [2.24, 2.45) is 0 Å². The van der Waals surface area contributed by atoms with Crippen LogP contribution in [0.4, 0.5) is 0 Å². The van der Waals surface area contributed by atoms with Crippen LogP contribution in [0.25, 0.3) is 6.08 Å². The van der Waals surface area contributed by atoms with Crippen molar-refractivity contribution in [1.29, 1.82) is 0 Å². The Hall–Kier alpha value is -1.47. The van der Waals surface area contributed by atoms with Gasteiger partial charge in [0, 0.05) is 28.8 Å². The van der Waals surface area contributed by atoms with Crippen molar-refractivity contribution in [2.75, 3.05) is 13.7 Å². The average molecular weight is 351 g/mol. The summed E-state index contributed by atoms with van der Waals surface area (Å²) in [6.45, 7) is 4.20. The van der Waals surface area contributed by atoms with Gasteiger partial charge in [0.2, 0.25) is 10.0 Å². The van der Waals surface area contributed by atoms with E-state index in [9.17, 15) is 8.42 Å². The van der Waals surface area contributed by atoms with Gasteiger partial charge in [-0.3, -0.25) is 0 Å². The second kappa shape index (κ2) is 7.88. The molecule has 1 heterocycles. The second-order valence-corrected chi connectivity index (χ2v) is 8.25. The SMILES string of the molecule is COC(CNS(=O)(=O)C=Cc1ccc(C)cc1)c1ccc(C)s1. The molecule has 0 aliphatic rings.